The van der Waals surface area contributed by atoms with Crippen molar-refractivity contribution in [2.75, 3.05) is 19.4 Å². The van der Waals surface area contributed by atoms with E-state index in [-0.39, 0.29) is 6.04 Å². The number of benzene rings is 2. The van der Waals surface area contributed by atoms with E-state index in [9.17, 15) is 0 Å². The lowest BCUT2D eigenvalue weighted by molar-refractivity contribution is 0.413. The van der Waals surface area contributed by atoms with Gasteiger partial charge in [-0.2, -0.15) is 0 Å². The highest BCUT2D eigenvalue weighted by atomic mass is 35.5. The zero-order chi connectivity index (χ0) is 15.1. The number of nitrogens with one attached hydrogen (secondary N) is 1. The molecule has 0 aromatic heterocycles. The lowest BCUT2D eigenvalue weighted by Crippen LogP contribution is -2.22. The van der Waals surface area contributed by atoms with E-state index in [4.69, 9.17) is 16.3 Å². The van der Waals surface area contributed by atoms with Gasteiger partial charge in [0.2, 0.25) is 0 Å². The van der Waals surface area contributed by atoms with Crippen LogP contribution in [0, 0.1) is 0 Å². The SMILES string of the molecule is CCNC(CSc1cccc(Cl)c1)c1cccc(OC)c1. The highest BCUT2D eigenvalue weighted by Gasteiger charge is 2.11. The first kappa shape index (κ1) is 16.2. The molecular weight excluding hydrogens is 302 g/mol. The Morgan fingerprint density at radius 1 is 1.19 bits per heavy atom. The summed E-state index contributed by atoms with van der Waals surface area (Å²) in [5.74, 6) is 1.84. The average Bonchev–Trinajstić information content (AvgIpc) is 2.51. The maximum atomic E-state index is 6.03. The zero-order valence-electron chi connectivity index (χ0n) is 12.3. The van der Waals surface area contributed by atoms with Crippen LogP contribution in [-0.2, 0) is 0 Å². The van der Waals surface area contributed by atoms with Gasteiger partial charge in [0.25, 0.3) is 0 Å². The van der Waals surface area contributed by atoms with Crippen molar-refractivity contribution in [1.82, 2.24) is 5.32 Å². The summed E-state index contributed by atoms with van der Waals surface area (Å²) in [5.41, 5.74) is 1.24. The predicted molar refractivity (Wildman–Crippen MR) is 91.6 cm³/mol. The molecule has 0 saturated heterocycles. The summed E-state index contributed by atoms with van der Waals surface area (Å²) in [4.78, 5) is 1.19. The van der Waals surface area contributed by atoms with E-state index in [2.05, 4.69) is 30.4 Å². The molecule has 2 nitrogen and oxygen atoms in total. The quantitative estimate of drug-likeness (QED) is 0.741. The number of hydrogen-bond acceptors (Lipinski definition) is 3. The second-order valence-corrected chi connectivity index (χ2v) is 6.19. The van der Waals surface area contributed by atoms with Crippen LogP contribution >= 0.6 is 23.4 Å². The molecule has 0 aliphatic heterocycles. The van der Waals surface area contributed by atoms with E-state index in [0.717, 1.165) is 23.1 Å². The van der Waals surface area contributed by atoms with Gasteiger partial charge < -0.3 is 10.1 Å². The molecule has 2 rings (SSSR count). The minimum atomic E-state index is 0.286. The van der Waals surface area contributed by atoms with Crippen molar-refractivity contribution in [2.24, 2.45) is 0 Å². The van der Waals surface area contributed by atoms with Gasteiger partial charge in [0.1, 0.15) is 5.75 Å². The molecule has 1 unspecified atom stereocenters. The summed E-state index contributed by atoms with van der Waals surface area (Å²) in [7, 11) is 1.70. The second kappa shape index (κ2) is 8.32. The molecular formula is C17H20ClNOS. The van der Waals surface area contributed by atoms with Crippen LogP contribution in [-0.4, -0.2) is 19.4 Å². The highest BCUT2D eigenvalue weighted by Crippen LogP contribution is 2.28. The second-order valence-electron chi connectivity index (χ2n) is 4.66. The van der Waals surface area contributed by atoms with Gasteiger partial charge in [-0.15, -0.1) is 11.8 Å². The molecule has 0 amide bonds. The van der Waals surface area contributed by atoms with Crippen molar-refractivity contribution in [3.8, 4) is 5.75 Å². The minimum absolute atomic E-state index is 0.286. The summed E-state index contributed by atoms with van der Waals surface area (Å²) in [6.07, 6.45) is 0. The molecule has 2 aromatic rings. The molecule has 0 aliphatic carbocycles. The van der Waals surface area contributed by atoms with Crippen molar-refractivity contribution in [1.29, 1.82) is 0 Å². The topological polar surface area (TPSA) is 21.3 Å². The molecule has 0 spiro atoms. The lowest BCUT2D eigenvalue weighted by atomic mass is 10.1. The number of methoxy groups -OCH3 is 1. The van der Waals surface area contributed by atoms with Crippen molar-refractivity contribution in [3.63, 3.8) is 0 Å². The molecule has 2 aromatic carbocycles. The van der Waals surface area contributed by atoms with Gasteiger partial charge in [-0.1, -0.05) is 36.7 Å². The molecule has 0 radical (unpaired) electrons. The average molecular weight is 322 g/mol. The first-order valence-corrected chi connectivity index (χ1v) is 8.35. The fraction of sp³-hybridized carbons (Fsp3) is 0.294. The third-order valence-electron chi connectivity index (χ3n) is 3.16. The van der Waals surface area contributed by atoms with Gasteiger partial charge in [0.15, 0.2) is 0 Å². The van der Waals surface area contributed by atoms with Crippen LogP contribution in [0.25, 0.3) is 0 Å². The number of hydrogen-bond donors (Lipinski definition) is 1. The van der Waals surface area contributed by atoms with Crippen LogP contribution in [0.3, 0.4) is 0 Å². The molecule has 0 saturated carbocycles. The summed E-state index contributed by atoms with van der Waals surface area (Å²) in [6, 6.07) is 16.5. The summed E-state index contributed by atoms with van der Waals surface area (Å²) in [6.45, 7) is 3.05. The molecule has 0 heterocycles. The minimum Gasteiger partial charge on any atom is -0.497 e. The van der Waals surface area contributed by atoms with Gasteiger partial charge >= 0.3 is 0 Å². The van der Waals surface area contributed by atoms with Crippen LogP contribution in [0.4, 0.5) is 0 Å². The predicted octanol–water partition coefficient (Wildman–Crippen LogP) is 4.79. The standard InChI is InChI=1S/C17H20ClNOS/c1-3-19-17(13-6-4-8-15(10-13)20-2)12-21-16-9-5-7-14(18)11-16/h4-11,17,19H,3,12H2,1-2H3. The van der Waals surface area contributed by atoms with Gasteiger partial charge in [-0.25, -0.2) is 0 Å². The van der Waals surface area contributed by atoms with Gasteiger partial charge in [-0.3, -0.25) is 0 Å². The monoisotopic (exact) mass is 321 g/mol. The van der Waals surface area contributed by atoms with Crippen LogP contribution in [0.2, 0.25) is 5.02 Å². The Balaban J connectivity index is 2.07. The third-order valence-corrected chi connectivity index (χ3v) is 4.48. The highest BCUT2D eigenvalue weighted by molar-refractivity contribution is 7.99. The number of thioether (sulfide) groups is 1. The summed E-state index contributed by atoms with van der Waals surface area (Å²) in [5, 5.41) is 4.30. The fourth-order valence-electron chi connectivity index (χ4n) is 2.11. The van der Waals surface area contributed by atoms with Crippen molar-refractivity contribution >= 4 is 23.4 Å². The van der Waals surface area contributed by atoms with Crippen LogP contribution < -0.4 is 10.1 Å². The summed E-state index contributed by atoms with van der Waals surface area (Å²) < 4.78 is 5.31. The smallest absolute Gasteiger partial charge is 0.119 e. The lowest BCUT2D eigenvalue weighted by Gasteiger charge is -2.18. The van der Waals surface area contributed by atoms with E-state index in [0.29, 0.717) is 0 Å². The largest absolute Gasteiger partial charge is 0.497 e. The van der Waals surface area contributed by atoms with E-state index >= 15 is 0 Å². The van der Waals surface area contributed by atoms with Crippen molar-refractivity contribution in [2.45, 2.75) is 17.9 Å². The molecule has 0 fully saturated rings. The Labute approximate surface area is 135 Å². The Kier molecular flexibility index (Phi) is 6.43. The molecule has 0 aliphatic rings. The van der Waals surface area contributed by atoms with Crippen LogP contribution in [0.1, 0.15) is 18.5 Å². The van der Waals surface area contributed by atoms with Gasteiger partial charge in [0.05, 0.1) is 7.11 Å². The molecule has 1 atom stereocenters. The van der Waals surface area contributed by atoms with E-state index in [1.165, 1.54) is 10.5 Å². The van der Waals surface area contributed by atoms with Crippen LogP contribution in [0.5, 0.6) is 5.75 Å². The van der Waals surface area contributed by atoms with E-state index in [1.54, 1.807) is 18.9 Å². The summed E-state index contributed by atoms with van der Waals surface area (Å²) >= 11 is 7.84. The Hall–Kier alpha value is -1.16. The maximum Gasteiger partial charge on any atom is 0.119 e. The number of ether oxygens (including phenoxy) is 1. The van der Waals surface area contributed by atoms with E-state index < -0.39 is 0 Å². The van der Waals surface area contributed by atoms with Crippen molar-refractivity contribution < 1.29 is 4.74 Å². The zero-order valence-corrected chi connectivity index (χ0v) is 13.9. The van der Waals surface area contributed by atoms with Gasteiger partial charge in [-0.05, 0) is 42.4 Å². The molecule has 1 N–H and O–H groups in total. The Bertz CT molecular complexity index is 576. The molecule has 21 heavy (non-hydrogen) atoms. The first-order valence-electron chi connectivity index (χ1n) is 6.98. The first-order chi connectivity index (χ1) is 10.2. The van der Waals surface area contributed by atoms with Crippen molar-refractivity contribution in [3.05, 3.63) is 59.1 Å². The van der Waals surface area contributed by atoms with E-state index in [1.807, 2.05) is 30.3 Å². The fourth-order valence-corrected chi connectivity index (χ4v) is 3.42. The Morgan fingerprint density at radius 3 is 2.71 bits per heavy atom. The normalized spacial score (nSPS) is 12.1. The number of rotatable bonds is 7. The number of halogens is 1. The molecule has 0 bridgehead atoms. The maximum absolute atomic E-state index is 6.03. The molecule has 112 valence electrons. The Morgan fingerprint density at radius 2 is 2.00 bits per heavy atom. The molecule has 4 heteroatoms. The van der Waals surface area contributed by atoms with Crippen LogP contribution in [0.15, 0.2) is 53.4 Å². The third kappa shape index (κ3) is 4.95. The van der Waals surface area contributed by atoms with Gasteiger partial charge in [0, 0.05) is 21.7 Å².